The van der Waals surface area contributed by atoms with Crippen LogP contribution in [0, 0.1) is 5.82 Å². The van der Waals surface area contributed by atoms with E-state index in [0.29, 0.717) is 11.0 Å². The predicted octanol–water partition coefficient (Wildman–Crippen LogP) is 4.39. The molecule has 1 N–H and O–H groups in total. The van der Waals surface area contributed by atoms with Crippen LogP contribution in [0.1, 0.15) is 6.92 Å². The molecule has 0 spiro atoms. The smallest absolute Gasteiger partial charge is 0.237 e. The monoisotopic (exact) mass is 390 g/mol. The number of hydrogen-bond acceptors (Lipinski definition) is 4. The van der Waals surface area contributed by atoms with Gasteiger partial charge in [-0.2, -0.15) is 0 Å². The standard InChI is InChI=1S/C18H16ClFN4OS/c1-11(17(25)21-15-9-8-13(19)10-14(15)20)26-18-23-22-16(24(18)2)12-6-4-3-5-7-12/h3-11H,1-2H3,(H,21,25)/t11-/m0/s1. The highest BCUT2D eigenvalue weighted by Crippen LogP contribution is 2.27. The van der Waals surface area contributed by atoms with Crippen LogP contribution in [0.15, 0.2) is 53.7 Å². The molecule has 5 nitrogen and oxygen atoms in total. The summed E-state index contributed by atoms with van der Waals surface area (Å²) in [5.74, 6) is -0.196. The Morgan fingerprint density at radius 2 is 1.96 bits per heavy atom. The average Bonchev–Trinajstić information content (AvgIpc) is 2.98. The zero-order valence-corrected chi connectivity index (χ0v) is 15.7. The third kappa shape index (κ3) is 4.05. The van der Waals surface area contributed by atoms with Crippen LogP contribution in [0.5, 0.6) is 0 Å². The lowest BCUT2D eigenvalue weighted by Gasteiger charge is -2.12. The van der Waals surface area contributed by atoms with Gasteiger partial charge in [-0.3, -0.25) is 4.79 Å². The highest BCUT2D eigenvalue weighted by atomic mass is 35.5. The van der Waals surface area contributed by atoms with E-state index in [0.717, 1.165) is 11.6 Å². The second kappa shape index (κ2) is 7.88. The van der Waals surface area contributed by atoms with Crippen molar-refractivity contribution < 1.29 is 9.18 Å². The van der Waals surface area contributed by atoms with Crippen LogP contribution in [-0.4, -0.2) is 25.9 Å². The molecular formula is C18H16ClFN4OS. The van der Waals surface area contributed by atoms with E-state index < -0.39 is 11.1 Å². The molecule has 0 fully saturated rings. The number of nitrogens with zero attached hydrogens (tertiary/aromatic N) is 3. The molecule has 0 aliphatic carbocycles. The molecule has 0 unspecified atom stereocenters. The number of thioether (sulfide) groups is 1. The molecule has 0 saturated carbocycles. The van der Waals surface area contributed by atoms with E-state index in [4.69, 9.17) is 11.6 Å². The average molecular weight is 391 g/mol. The largest absolute Gasteiger partial charge is 0.323 e. The van der Waals surface area contributed by atoms with Crippen LogP contribution < -0.4 is 5.32 Å². The predicted molar refractivity (Wildman–Crippen MR) is 102 cm³/mol. The first-order chi connectivity index (χ1) is 12.5. The van der Waals surface area contributed by atoms with Crippen LogP contribution in [0.25, 0.3) is 11.4 Å². The first kappa shape index (κ1) is 18.4. The lowest BCUT2D eigenvalue weighted by Crippen LogP contribution is -2.23. The summed E-state index contributed by atoms with van der Waals surface area (Å²) in [5, 5.41) is 11.3. The molecule has 26 heavy (non-hydrogen) atoms. The number of anilines is 1. The van der Waals surface area contributed by atoms with Gasteiger partial charge < -0.3 is 9.88 Å². The first-order valence-electron chi connectivity index (χ1n) is 7.83. The minimum atomic E-state index is -0.576. The molecule has 2 aromatic carbocycles. The van der Waals surface area contributed by atoms with Gasteiger partial charge in [0.2, 0.25) is 5.91 Å². The molecule has 134 valence electrons. The molecule has 0 saturated heterocycles. The van der Waals surface area contributed by atoms with Gasteiger partial charge in [-0.15, -0.1) is 10.2 Å². The third-order valence-corrected chi connectivity index (χ3v) is 5.08. The number of amides is 1. The highest BCUT2D eigenvalue weighted by Gasteiger charge is 2.20. The van der Waals surface area contributed by atoms with Crippen molar-refractivity contribution in [3.63, 3.8) is 0 Å². The molecule has 1 amide bonds. The molecule has 0 radical (unpaired) electrons. The number of aromatic nitrogens is 3. The van der Waals surface area contributed by atoms with E-state index in [1.54, 1.807) is 6.92 Å². The van der Waals surface area contributed by atoms with Gasteiger partial charge in [-0.05, 0) is 25.1 Å². The van der Waals surface area contributed by atoms with Crippen molar-refractivity contribution >= 4 is 35.0 Å². The van der Waals surface area contributed by atoms with E-state index >= 15 is 0 Å². The summed E-state index contributed by atoms with van der Waals surface area (Å²) in [6.45, 7) is 1.73. The Labute approximate surface area is 159 Å². The fourth-order valence-electron chi connectivity index (χ4n) is 2.29. The maximum Gasteiger partial charge on any atom is 0.237 e. The lowest BCUT2D eigenvalue weighted by molar-refractivity contribution is -0.115. The maximum atomic E-state index is 13.8. The lowest BCUT2D eigenvalue weighted by atomic mass is 10.2. The van der Waals surface area contributed by atoms with Crippen molar-refractivity contribution in [1.29, 1.82) is 0 Å². The minimum absolute atomic E-state index is 0.0924. The van der Waals surface area contributed by atoms with Crippen molar-refractivity contribution in [2.24, 2.45) is 7.05 Å². The fraction of sp³-hybridized carbons (Fsp3) is 0.167. The summed E-state index contributed by atoms with van der Waals surface area (Å²) in [4.78, 5) is 12.4. The normalized spacial score (nSPS) is 12.0. The van der Waals surface area contributed by atoms with Gasteiger partial charge in [-0.25, -0.2) is 4.39 Å². The second-order valence-electron chi connectivity index (χ2n) is 5.60. The van der Waals surface area contributed by atoms with E-state index in [1.807, 2.05) is 41.9 Å². The Bertz CT molecular complexity index is 932. The van der Waals surface area contributed by atoms with Gasteiger partial charge >= 0.3 is 0 Å². The van der Waals surface area contributed by atoms with E-state index in [-0.39, 0.29) is 16.6 Å². The first-order valence-corrected chi connectivity index (χ1v) is 9.09. The molecule has 1 heterocycles. The van der Waals surface area contributed by atoms with Gasteiger partial charge in [0, 0.05) is 17.6 Å². The summed E-state index contributed by atoms with van der Waals surface area (Å²) in [5.41, 5.74) is 1.03. The Hall–Kier alpha value is -2.38. The van der Waals surface area contributed by atoms with Gasteiger partial charge in [-0.1, -0.05) is 53.7 Å². The van der Waals surface area contributed by atoms with Gasteiger partial charge in [0.05, 0.1) is 10.9 Å². The molecule has 8 heteroatoms. The molecular weight excluding hydrogens is 375 g/mol. The highest BCUT2D eigenvalue weighted by molar-refractivity contribution is 8.00. The summed E-state index contributed by atoms with van der Waals surface area (Å²) in [6, 6.07) is 13.8. The van der Waals surface area contributed by atoms with Crippen molar-refractivity contribution in [2.75, 3.05) is 5.32 Å². The van der Waals surface area contributed by atoms with Gasteiger partial charge in [0.1, 0.15) is 5.82 Å². The van der Waals surface area contributed by atoms with Crippen LogP contribution in [0.2, 0.25) is 5.02 Å². The number of carbonyl (C=O) groups excluding carboxylic acids is 1. The Morgan fingerprint density at radius 3 is 2.65 bits per heavy atom. The quantitative estimate of drug-likeness (QED) is 0.656. The molecule has 0 bridgehead atoms. The number of nitrogens with one attached hydrogen (secondary N) is 1. The number of benzene rings is 2. The van der Waals surface area contributed by atoms with E-state index in [1.165, 1.54) is 23.9 Å². The summed E-state index contributed by atoms with van der Waals surface area (Å²) < 4.78 is 15.6. The van der Waals surface area contributed by atoms with Crippen molar-refractivity contribution in [3.05, 3.63) is 59.4 Å². The number of halogens is 2. The Kier molecular flexibility index (Phi) is 5.58. The van der Waals surface area contributed by atoms with Crippen LogP contribution >= 0.6 is 23.4 Å². The summed E-state index contributed by atoms with van der Waals surface area (Å²) in [6.07, 6.45) is 0. The van der Waals surface area contributed by atoms with Crippen LogP contribution in [0.4, 0.5) is 10.1 Å². The van der Waals surface area contributed by atoms with Crippen molar-refractivity contribution in [2.45, 2.75) is 17.3 Å². The third-order valence-electron chi connectivity index (χ3n) is 3.71. The summed E-state index contributed by atoms with van der Waals surface area (Å²) >= 11 is 6.97. The van der Waals surface area contributed by atoms with E-state index in [9.17, 15) is 9.18 Å². The van der Waals surface area contributed by atoms with Gasteiger partial charge in [0.25, 0.3) is 0 Å². The Morgan fingerprint density at radius 1 is 1.23 bits per heavy atom. The zero-order valence-electron chi connectivity index (χ0n) is 14.1. The molecule has 0 aliphatic heterocycles. The van der Waals surface area contributed by atoms with Crippen LogP contribution in [0.3, 0.4) is 0 Å². The zero-order chi connectivity index (χ0) is 18.7. The molecule has 3 aromatic rings. The van der Waals surface area contributed by atoms with Crippen LogP contribution in [-0.2, 0) is 11.8 Å². The SMILES string of the molecule is C[C@H](Sc1nnc(-c2ccccc2)n1C)C(=O)Nc1ccc(Cl)cc1F. The summed E-state index contributed by atoms with van der Waals surface area (Å²) in [7, 11) is 1.84. The van der Waals surface area contributed by atoms with Crippen molar-refractivity contribution in [1.82, 2.24) is 14.8 Å². The Balaban J connectivity index is 1.71. The maximum absolute atomic E-state index is 13.8. The van der Waals surface area contributed by atoms with E-state index in [2.05, 4.69) is 15.5 Å². The van der Waals surface area contributed by atoms with Crippen molar-refractivity contribution in [3.8, 4) is 11.4 Å². The number of hydrogen-bond donors (Lipinski definition) is 1. The fourth-order valence-corrected chi connectivity index (χ4v) is 3.27. The topological polar surface area (TPSA) is 59.8 Å². The van der Waals surface area contributed by atoms with Gasteiger partial charge in [0.15, 0.2) is 11.0 Å². The molecule has 1 aromatic heterocycles. The number of rotatable bonds is 5. The molecule has 3 rings (SSSR count). The second-order valence-corrected chi connectivity index (χ2v) is 7.35. The number of carbonyl (C=O) groups is 1. The molecule has 1 atom stereocenters. The molecule has 0 aliphatic rings. The minimum Gasteiger partial charge on any atom is -0.323 e.